The number of rotatable bonds is 6. The van der Waals surface area contributed by atoms with E-state index in [0.717, 1.165) is 18.4 Å². The highest BCUT2D eigenvalue weighted by Crippen LogP contribution is 2.72. The zero-order valence-corrected chi connectivity index (χ0v) is 18.2. The number of ether oxygens (including phenoxy) is 2. The standard InChI is InChI=1S/C21H28BrNO4/c1-19(2)20(3)9-10-21(19,16(22)17(20)24)18(25)23-11-8-13-6-7-14(26-4)15(12-13)27-5/h6-7,12,16H,8-11H2,1-5H3,(H,23,25)/t16-,20-,21+/m1/s1. The first-order chi connectivity index (χ1) is 12.7. The van der Waals surface area contributed by atoms with Crippen LogP contribution in [0.15, 0.2) is 18.2 Å². The van der Waals surface area contributed by atoms with Crippen LogP contribution in [0.5, 0.6) is 11.5 Å². The van der Waals surface area contributed by atoms with E-state index in [-0.39, 0.29) is 17.1 Å². The molecule has 0 spiro atoms. The van der Waals surface area contributed by atoms with Crippen LogP contribution >= 0.6 is 15.9 Å². The Labute approximate surface area is 169 Å². The average Bonchev–Trinajstić information content (AvgIpc) is 2.93. The molecular weight excluding hydrogens is 410 g/mol. The monoisotopic (exact) mass is 437 g/mol. The molecule has 148 valence electrons. The van der Waals surface area contributed by atoms with Crippen molar-refractivity contribution in [2.45, 2.75) is 44.9 Å². The van der Waals surface area contributed by atoms with Gasteiger partial charge in [-0.15, -0.1) is 0 Å². The van der Waals surface area contributed by atoms with Crippen molar-refractivity contribution >= 4 is 27.6 Å². The van der Waals surface area contributed by atoms with Gasteiger partial charge in [0.25, 0.3) is 0 Å². The van der Waals surface area contributed by atoms with Crippen molar-refractivity contribution in [2.75, 3.05) is 20.8 Å². The first-order valence-corrected chi connectivity index (χ1v) is 10.2. The Morgan fingerprint density at radius 2 is 1.85 bits per heavy atom. The van der Waals surface area contributed by atoms with Crippen molar-refractivity contribution in [1.29, 1.82) is 0 Å². The van der Waals surface area contributed by atoms with Gasteiger partial charge in [0, 0.05) is 12.0 Å². The number of halogens is 1. The third-order valence-corrected chi connectivity index (χ3v) is 8.47. The number of hydrogen-bond acceptors (Lipinski definition) is 4. The quantitative estimate of drug-likeness (QED) is 0.691. The summed E-state index contributed by atoms with van der Waals surface area (Å²) >= 11 is 3.56. The molecule has 0 radical (unpaired) electrons. The number of ketones is 1. The van der Waals surface area contributed by atoms with Crippen molar-refractivity contribution in [3.63, 3.8) is 0 Å². The van der Waals surface area contributed by atoms with Gasteiger partial charge < -0.3 is 14.8 Å². The summed E-state index contributed by atoms with van der Waals surface area (Å²) in [6.45, 7) is 6.65. The zero-order chi connectivity index (χ0) is 20.0. The second kappa shape index (κ2) is 6.80. The van der Waals surface area contributed by atoms with Crippen LogP contribution in [0, 0.1) is 16.2 Å². The van der Waals surface area contributed by atoms with Crippen molar-refractivity contribution in [1.82, 2.24) is 5.32 Å². The summed E-state index contributed by atoms with van der Waals surface area (Å²) in [6.07, 6.45) is 2.19. The molecular formula is C21H28BrNO4. The Hall–Kier alpha value is -1.56. The number of hydrogen-bond donors (Lipinski definition) is 1. The minimum Gasteiger partial charge on any atom is -0.493 e. The second-order valence-corrected chi connectivity index (χ2v) is 9.27. The highest BCUT2D eigenvalue weighted by Gasteiger charge is 2.76. The molecule has 0 saturated heterocycles. The van der Waals surface area contributed by atoms with Crippen LogP contribution in [0.1, 0.15) is 39.2 Å². The van der Waals surface area contributed by atoms with E-state index in [1.165, 1.54) is 0 Å². The van der Waals surface area contributed by atoms with Crippen molar-refractivity contribution in [3.05, 3.63) is 23.8 Å². The Kier molecular flexibility index (Phi) is 5.08. The number of fused-ring (bicyclic) bond motifs is 2. The van der Waals surface area contributed by atoms with E-state index in [9.17, 15) is 9.59 Å². The molecule has 27 heavy (non-hydrogen) atoms. The summed E-state index contributed by atoms with van der Waals surface area (Å²) in [6, 6.07) is 5.76. The van der Waals surface area contributed by atoms with Gasteiger partial charge in [-0.2, -0.15) is 0 Å². The fourth-order valence-electron chi connectivity index (χ4n) is 4.97. The van der Waals surface area contributed by atoms with Crippen molar-refractivity contribution in [2.24, 2.45) is 16.2 Å². The number of carbonyl (C=O) groups excluding carboxylic acids is 2. The predicted octanol–water partition coefficient (Wildman–Crippen LogP) is 3.52. The van der Waals surface area contributed by atoms with Crippen LogP contribution in [0.2, 0.25) is 0 Å². The molecule has 1 amide bonds. The number of nitrogens with one attached hydrogen (secondary N) is 1. The molecule has 0 unspecified atom stereocenters. The van der Waals surface area contributed by atoms with Crippen LogP contribution in [0.3, 0.4) is 0 Å². The molecule has 1 N–H and O–H groups in total. The fraction of sp³-hybridized carbons (Fsp3) is 0.619. The van der Waals surface area contributed by atoms with Crippen molar-refractivity contribution in [3.8, 4) is 11.5 Å². The summed E-state index contributed by atoms with van der Waals surface area (Å²) in [4.78, 5) is 25.6. The van der Waals surface area contributed by atoms with Gasteiger partial charge in [0.15, 0.2) is 17.3 Å². The second-order valence-electron chi connectivity index (χ2n) is 8.35. The molecule has 0 aliphatic heterocycles. The van der Waals surface area contributed by atoms with Gasteiger partial charge in [-0.25, -0.2) is 0 Å². The third-order valence-electron chi connectivity index (χ3n) is 7.27. The van der Waals surface area contributed by atoms with Gasteiger partial charge in [-0.05, 0) is 42.4 Å². The van der Waals surface area contributed by atoms with Crippen LogP contribution in [0.4, 0.5) is 0 Å². The maximum Gasteiger partial charge on any atom is 0.228 e. The molecule has 2 aliphatic carbocycles. The molecule has 0 heterocycles. The van der Waals surface area contributed by atoms with Crippen LogP contribution in [-0.4, -0.2) is 37.3 Å². The number of carbonyl (C=O) groups is 2. The lowest BCUT2D eigenvalue weighted by atomic mass is 9.64. The van der Waals surface area contributed by atoms with E-state index in [1.807, 2.05) is 25.1 Å². The highest BCUT2D eigenvalue weighted by molar-refractivity contribution is 9.10. The molecule has 2 fully saturated rings. The molecule has 2 saturated carbocycles. The third kappa shape index (κ3) is 2.63. The van der Waals surface area contributed by atoms with Crippen LogP contribution < -0.4 is 14.8 Å². The average molecular weight is 438 g/mol. The van der Waals surface area contributed by atoms with E-state index in [0.29, 0.717) is 24.5 Å². The maximum absolute atomic E-state index is 13.2. The SMILES string of the molecule is COc1ccc(CCNC(=O)[C@]23CC[C@](C)(C(=O)[C@H]2Br)C3(C)C)cc1OC. The van der Waals surface area contributed by atoms with Gasteiger partial charge in [0.1, 0.15) is 0 Å². The number of alkyl halides is 1. The lowest BCUT2D eigenvalue weighted by molar-refractivity contribution is -0.135. The Morgan fingerprint density at radius 3 is 2.41 bits per heavy atom. The van der Waals surface area contributed by atoms with Crippen LogP contribution in [-0.2, 0) is 16.0 Å². The zero-order valence-electron chi connectivity index (χ0n) is 16.6. The topological polar surface area (TPSA) is 64.6 Å². The fourth-order valence-corrected chi connectivity index (χ4v) is 6.48. The van der Waals surface area contributed by atoms with E-state index < -0.39 is 15.7 Å². The largest absolute Gasteiger partial charge is 0.493 e. The van der Waals surface area contributed by atoms with Gasteiger partial charge >= 0.3 is 0 Å². The van der Waals surface area contributed by atoms with Crippen LogP contribution in [0.25, 0.3) is 0 Å². The van der Waals surface area contributed by atoms with E-state index in [4.69, 9.17) is 9.47 Å². The number of Topliss-reactive ketones (excluding diaryl/α,β-unsaturated/α-hetero) is 1. The molecule has 3 rings (SSSR count). The lowest BCUT2D eigenvalue weighted by Gasteiger charge is -2.39. The summed E-state index contributed by atoms with van der Waals surface area (Å²) in [5, 5.41) is 3.09. The molecule has 0 aromatic heterocycles. The summed E-state index contributed by atoms with van der Waals surface area (Å²) in [7, 11) is 3.21. The highest BCUT2D eigenvalue weighted by atomic mass is 79.9. The summed E-state index contributed by atoms with van der Waals surface area (Å²) in [5.74, 6) is 1.50. The molecule has 5 nitrogen and oxygen atoms in total. The predicted molar refractivity (Wildman–Crippen MR) is 108 cm³/mol. The van der Waals surface area contributed by atoms with E-state index in [2.05, 4.69) is 35.1 Å². The molecule has 6 heteroatoms. The molecule has 2 bridgehead atoms. The van der Waals surface area contributed by atoms with E-state index >= 15 is 0 Å². The minimum atomic E-state index is -0.684. The normalized spacial score (nSPS) is 31.0. The number of amides is 1. The summed E-state index contributed by atoms with van der Waals surface area (Å²) in [5.41, 5.74) is -0.449. The van der Waals surface area contributed by atoms with Gasteiger partial charge in [-0.3, -0.25) is 9.59 Å². The first kappa shape index (κ1) is 20.2. The van der Waals surface area contributed by atoms with E-state index in [1.54, 1.807) is 14.2 Å². The Morgan fingerprint density at radius 1 is 1.19 bits per heavy atom. The molecule has 1 aromatic carbocycles. The summed E-state index contributed by atoms with van der Waals surface area (Å²) < 4.78 is 10.6. The molecule has 1 aromatic rings. The Bertz CT molecular complexity index is 777. The molecule has 3 atom stereocenters. The van der Waals surface area contributed by atoms with Gasteiger partial charge in [-0.1, -0.05) is 42.8 Å². The minimum absolute atomic E-state index is 0.0237. The maximum atomic E-state index is 13.2. The van der Waals surface area contributed by atoms with Gasteiger partial charge in [0.05, 0.1) is 24.5 Å². The van der Waals surface area contributed by atoms with Crippen molar-refractivity contribution < 1.29 is 19.1 Å². The number of methoxy groups -OCH3 is 2. The lowest BCUT2D eigenvalue weighted by Crippen LogP contribution is -2.51. The molecule has 2 aliphatic rings. The van der Waals surface area contributed by atoms with Gasteiger partial charge in [0.2, 0.25) is 5.91 Å². The first-order valence-electron chi connectivity index (χ1n) is 9.33. The Balaban J connectivity index is 1.71. The number of benzene rings is 1. The smallest absolute Gasteiger partial charge is 0.228 e.